The summed E-state index contributed by atoms with van der Waals surface area (Å²) in [4.78, 5) is 0. The molecule has 0 saturated carbocycles. The predicted molar refractivity (Wildman–Crippen MR) is 191 cm³/mol. The molecule has 4 radical (unpaired) electrons. The molecule has 0 aliphatic rings. The molecule has 0 unspecified atom stereocenters. The first-order valence-corrected chi connectivity index (χ1v) is 19.6. The van der Waals surface area contributed by atoms with Crippen LogP contribution in [0.25, 0.3) is 0 Å². The third-order valence-corrected chi connectivity index (χ3v) is 9.88. The van der Waals surface area contributed by atoms with Crippen molar-refractivity contribution < 1.29 is 4.48 Å². The topological polar surface area (TPSA) is 0 Å². The molecule has 2 heteroatoms. The van der Waals surface area contributed by atoms with E-state index in [0.717, 1.165) is 0 Å². The van der Waals surface area contributed by atoms with E-state index in [1.54, 1.807) is 0 Å². The molecule has 0 fully saturated rings. The average Bonchev–Trinajstić information content (AvgIpc) is 2.97. The van der Waals surface area contributed by atoms with Crippen LogP contribution in [0.1, 0.15) is 227 Å². The molecule has 0 aromatic heterocycles. The Morgan fingerprint density at radius 2 is 0.415 bits per heavy atom. The van der Waals surface area contributed by atoms with E-state index in [4.69, 9.17) is 0 Å². The zero-order valence-corrected chi connectivity index (χ0v) is 29.8. The summed E-state index contributed by atoms with van der Waals surface area (Å²) in [6, 6.07) is 0. The molecule has 0 rings (SSSR count). The fraction of sp³-hybridized carbons (Fsp3) is 1.00. The first-order chi connectivity index (χ1) is 19.7. The summed E-state index contributed by atoms with van der Waals surface area (Å²) in [5.41, 5.74) is 0. The third-order valence-electron chi connectivity index (χ3n) is 9.88. The van der Waals surface area contributed by atoms with Gasteiger partial charge in [0.1, 0.15) is 0 Å². The summed E-state index contributed by atoms with van der Waals surface area (Å²) in [6.45, 7) is 15.2. The SMILES string of the molecule is CCCCCCCCCCCCCC[N+](CC)(CCCCCCCCC)CCCCCCCCCCCCCC.[B-]. The van der Waals surface area contributed by atoms with Gasteiger partial charge >= 0.3 is 0 Å². The lowest BCUT2D eigenvalue weighted by atomic mass is 10.0. The van der Waals surface area contributed by atoms with Crippen LogP contribution in [0.4, 0.5) is 0 Å². The van der Waals surface area contributed by atoms with Crippen LogP contribution in [0.3, 0.4) is 0 Å². The van der Waals surface area contributed by atoms with Crippen molar-refractivity contribution in [1.29, 1.82) is 0 Å². The minimum atomic E-state index is 0. The number of rotatable bonds is 35. The smallest absolute Gasteiger partial charge is 0.0786 e. The molecule has 0 spiro atoms. The highest BCUT2D eigenvalue weighted by Gasteiger charge is 2.23. The second kappa shape index (κ2) is 36.2. The molecule has 1 nitrogen and oxygen atoms in total. The van der Waals surface area contributed by atoms with Gasteiger partial charge in [0.05, 0.1) is 26.2 Å². The van der Waals surface area contributed by atoms with Crippen molar-refractivity contribution in [2.24, 2.45) is 0 Å². The fourth-order valence-electron chi connectivity index (χ4n) is 6.79. The van der Waals surface area contributed by atoms with Gasteiger partial charge in [-0.3, -0.25) is 0 Å². The largest absolute Gasteiger partial charge is 1.00 e. The molecule has 0 bridgehead atoms. The molecule has 0 aromatic rings. The van der Waals surface area contributed by atoms with E-state index in [0.29, 0.717) is 0 Å². The highest BCUT2D eigenvalue weighted by Crippen LogP contribution is 2.19. The van der Waals surface area contributed by atoms with E-state index in [-0.39, 0.29) is 8.41 Å². The molecular formula is C39H82BN. The van der Waals surface area contributed by atoms with Crippen molar-refractivity contribution >= 4 is 8.41 Å². The molecule has 41 heavy (non-hydrogen) atoms. The van der Waals surface area contributed by atoms with Crippen molar-refractivity contribution in [3.05, 3.63) is 0 Å². The van der Waals surface area contributed by atoms with Crippen LogP contribution in [-0.2, 0) is 0 Å². The zero-order valence-electron chi connectivity index (χ0n) is 29.8. The number of hydrogen-bond donors (Lipinski definition) is 0. The minimum Gasteiger partial charge on any atom is -1.00 e. The van der Waals surface area contributed by atoms with Crippen molar-refractivity contribution in [2.45, 2.75) is 227 Å². The highest BCUT2D eigenvalue weighted by atomic mass is 15.3. The molecule has 0 N–H and O–H groups in total. The van der Waals surface area contributed by atoms with Crippen LogP contribution < -0.4 is 0 Å². The van der Waals surface area contributed by atoms with Crippen LogP contribution in [0.15, 0.2) is 0 Å². The van der Waals surface area contributed by atoms with E-state index in [9.17, 15) is 0 Å². The van der Waals surface area contributed by atoms with Gasteiger partial charge in [-0.2, -0.15) is 0 Å². The highest BCUT2D eigenvalue weighted by molar-refractivity contribution is 5.75. The first-order valence-electron chi connectivity index (χ1n) is 19.6. The summed E-state index contributed by atoms with van der Waals surface area (Å²) in [6.07, 6.45) is 45.3. The normalized spacial score (nSPS) is 11.7. The number of hydrogen-bond acceptors (Lipinski definition) is 0. The fourth-order valence-corrected chi connectivity index (χ4v) is 6.79. The molecule has 246 valence electrons. The molecular weight excluding hydrogens is 493 g/mol. The Labute approximate surface area is 265 Å². The molecule has 0 aromatic carbocycles. The summed E-state index contributed by atoms with van der Waals surface area (Å²) >= 11 is 0. The van der Waals surface area contributed by atoms with Crippen LogP contribution in [0.5, 0.6) is 0 Å². The molecule has 0 aliphatic carbocycles. The number of quaternary nitrogens is 1. The Morgan fingerprint density at radius 3 is 0.585 bits per heavy atom. The zero-order chi connectivity index (χ0) is 29.2. The van der Waals surface area contributed by atoms with Gasteiger partial charge in [0.2, 0.25) is 0 Å². The maximum absolute atomic E-state index is 2.50. The van der Waals surface area contributed by atoms with Crippen LogP contribution in [-0.4, -0.2) is 39.1 Å². The standard InChI is InChI=1S/C39H82N.B/c1-5-9-12-15-18-20-22-24-26-29-32-35-38-40(8-4,37-34-31-28-17-14-11-7-3)39-36-33-30-27-25-23-21-19-16-13-10-6-2;/h5-39H2,1-4H3;/q+1;-1. The van der Waals surface area contributed by atoms with Crippen molar-refractivity contribution in [3.63, 3.8) is 0 Å². The summed E-state index contributed by atoms with van der Waals surface area (Å²) in [5.74, 6) is 0. The maximum Gasteiger partial charge on any atom is 0.0786 e. The van der Waals surface area contributed by atoms with Crippen molar-refractivity contribution in [2.75, 3.05) is 26.2 Å². The molecule has 0 aliphatic heterocycles. The van der Waals surface area contributed by atoms with Crippen LogP contribution in [0, 0.1) is 0 Å². The van der Waals surface area contributed by atoms with E-state index in [1.165, 1.54) is 230 Å². The van der Waals surface area contributed by atoms with Crippen molar-refractivity contribution in [1.82, 2.24) is 0 Å². The lowest BCUT2D eigenvalue weighted by Crippen LogP contribution is -2.50. The summed E-state index contributed by atoms with van der Waals surface area (Å²) in [5, 5.41) is 0. The molecule has 0 amide bonds. The van der Waals surface area contributed by atoms with Gasteiger partial charge in [0.25, 0.3) is 0 Å². The molecule has 0 atom stereocenters. The third kappa shape index (κ3) is 31.3. The first kappa shape index (κ1) is 43.2. The maximum atomic E-state index is 2.50. The van der Waals surface area contributed by atoms with E-state index >= 15 is 0 Å². The Bertz CT molecular complexity index is 423. The van der Waals surface area contributed by atoms with E-state index < -0.39 is 0 Å². The Hall–Kier alpha value is 0.0249. The number of nitrogens with zero attached hydrogens (tertiary/aromatic N) is 1. The lowest BCUT2D eigenvalue weighted by Gasteiger charge is -2.38. The molecule has 0 heterocycles. The van der Waals surface area contributed by atoms with Gasteiger partial charge in [-0.15, -0.1) is 0 Å². The van der Waals surface area contributed by atoms with Crippen molar-refractivity contribution in [3.8, 4) is 0 Å². The van der Waals surface area contributed by atoms with Gasteiger partial charge in [-0.05, 0) is 45.4 Å². The van der Waals surface area contributed by atoms with Gasteiger partial charge in [0.15, 0.2) is 0 Å². The van der Waals surface area contributed by atoms with Gasteiger partial charge in [-0.25, -0.2) is 0 Å². The lowest BCUT2D eigenvalue weighted by molar-refractivity contribution is -0.927. The minimum absolute atomic E-state index is 0. The average molecular weight is 576 g/mol. The summed E-state index contributed by atoms with van der Waals surface area (Å²) < 4.78 is 1.44. The molecule has 0 saturated heterocycles. The monoisotopic (exact) mass is 576 g/mol. The Kier molecular flexibility index (Phi) is 38.1. The Balaban J connectivity index is 0. The van der Waals surface area contributed by atoms with Gasteiger partial charge in [-0.1, -0.05) is 181 Å². The summed E-state index contributed by atoms with van der Waals surface area (Å²) in [7, 11) is 0. The predicted octanol–water partition coefficient (Wildman–Crippen LogP) is 13.6. The number of unbranched alkanes of at least 4 members (excludes halogenated alkanes) is 28. The van der Waals surface area contributed by atoms with Gasteiger partial charge < -0.3 is 12.9 Å². The second-order valence-corrected chi connectivity index (χ2v) is 13.7. The van der Waals surface area contributed by atoms with E-state index in [1.807, 2.05) is 0 Å². The second-order valence-electron chi connectivity index (χ2n) is 13.7. The Morgan fingerprint density at radius 1 is 0.244 bits per heavy atom. The van der Waals surface area contributed by atoms with Crippen LogP contribution >= 0.6 is 0 Å². The van der Waals surface area contributed by atoms with Gasteiger partial charge in [0, 0.05) is 0 Å². The quantitative estimate of drug-likeness (QED) is 0.0400. The van der Waals surface area contributed by atoms with Crippen LogP contribution in [0.2, 0.25) is 0 Å². The van der Waals surface area contributed by atoms with E-state index in [2.05, 4.69) is 27.7 Å².